The van der Waals surface area contributed by atoms with Crippen LogP contribution >= 0.6 is 66.0 Å². The molecule has 0 radical (unpaired) electrons. The minimum absolute atomic E-state index is 0.0524. The molecule has 20 heteroatoms. The highest BCUT2D eigenvalue weighted by Gasteiger charge is 2.45. The Morgan fingerprint density at radius 1 is 0.534 bits per heavy atom. The van der Waals surface area contributed by atoms with Crippen molar-refractivity contribution in [3.63, 3.8) is 0 Å². The fourth-order valence-electron chi connectivity index (χ4n) is 13.4. The number of benzene rings is 10. The topological polar surface area (TPSA) is 202 Å². The second-order valence-corrected chi connectivity index (χ2v) is 38.2. The Morgan fingerprint density at radius 3 is 1.53 bits per heavy atom. The third-order valence-corrected chi connectivity index (χ3v) is 27.4. The van der Waals surface area contributed by atoms with E-state index in [1.54, 1.807) is 114 Å². The van der Waals surface area contributed by atoms with E-state index in [0.29, 0.717) is 58.4 Å². The third kappa shape index (κ3) is 22.8. The van der Waals surface area contributed by atoms with Crippen LogP contribution in [0.5, 0.6) is 0 Å². The molecule has 2 aliphatic heterocycles. The molecule has 2 amide bonds. The predicted molar refractivity (Wildman–Crippen MR) is 491 cm³/mol. The summed E-state index contributed by atoms with van der Waals surface area (Å²) in [7, 11) is -4.11. The summed E-state index contributed by atoms with van der Waals surface area (Å²) < 4.78 is 17.4. The molecule has 1 N–H and O–H groups in total. The fourth-order valence-corrected chi connectivity index (χ4v) is 20.9. The zero-order valence-electron chi connectivity index (χ0n) is 69.8. The molecule has 2 aliphatic rings. The zero-order valence-corrected chi connectivity index (χ0v) is 74.8. The number of Topliss-reactive ketones (excluding diaryl/α,β-unsaturated/α-hetero) is 2. The number of oxime groups is 1. The van der Waals surface area contributed by atoms with Gasteiger partial charge in [0.1, 0.15) is 16.9 Å². The summed E-state index contributed by atoms with van der Waals surface area (Å²) in [5.41, 5.74) is 7.95. The first-order valence-corrected chi connectivity index (χ1v) is 44.8. The van der Waals surface area contributed by atoms with E-state index in [1.165, 1.54) is 58.3 Å². The maximum atomic E-state index is 14.5. The Balaban J connectivity index is 0.000000173. The van der Waals surface area contributed by atoms with Gasteiger partial charge in [0.25, 0.3) is 11.8 Å². The van der Waals surface area contributed by atoms with E-state index in [-0.39, 0.29) is 50.8 Å². The first kappa shape index (κ1) is 91.8. The lowest BCUT2D eigenvalue weighted by atomic mass is 9.87. The van der Waals surface area contributed by atoms with Crippen molar-refractivity contribution < 1.29 is 48.1 Å². The number of aliphatic hydroxyl groups is 1. The quantitative estimate of drug-likeness (QED) is 0.00679. The molecule has 0 saturated carbocycles. The Kier molecular flexibility index (Phi) is 32.3. The molecule has 0 aliphatic carbocycles. The molecule has 0 spiro atoms. The van der Waals surface area contributed by atoms with Crippen LogP contribution in [0.1, 0.15) is 204 Å². The van der Waals surface area contributed by atoms with Gasteiger partial charge in [-0.1, -0.05) is 258 Å². The average Bonchev–Trinajstić information content (AvgIpc) is 0.863. The average molecular weight is 1690 g/mol. The smallest absolute Gasteiger partial charge is 0.365 e. The summed E-state index contributed by atoms with van der Waals surface area (Å²) in [6.45, 7) is 31.8. The Hall–Kier alpha value is -10.1. The van der Waals surface area contributed by atoms with Crippen molar-refractivity contribution in [3.8, 4) is 0 Å². The summed E-state index contributed by atoms with van der Waals surface area (Å²) in [5.74, 6) is -1.15. The number of fused-ring (bicyclic) bond motifs is 3. The maximum Gasteiger partial charge on any atom is 0.365 e. The van der Waals surface area contributed by atoms with Gasteiger partial charge < -0.3 is 14.5 Å². The van der Waals surface area contributed by atoms with E-state index < -0.39 is 29.8 Å². The van der Waals surface area contributed by atoms with Crippen molar-refractivity contribution in [1.82, 2.24) is 9.80 Å². The number of unbranched alkanes of at least 4 members (excludes halogenated alkanes) is 3. The van der Waals surface area contributed by atoms with Crippen LogP contribution in [0.3, 0.4) is 0 Å². The first-order valence-electron chi connectivity index (χ1n) is 39.4. The second-order valence-electron chi connectivity index (χ2n) is 30.7. The molecule has 610 valence electrons. The summed E-state index contributed by atoms with van der Waals surface area (Å²) in [4.78, 5) is 115. The van der Waals surface area contributed by atoms with Crippen molar-refractivity contribution in [1.29, 1.82) is 0 Å². The highest BCUT2D eigenvalue weighted by Crippen LogP contribution is 2.55. The van der Waals surface area contributed by atoms with Gasteiger partial charge in [0.2, 0.25) is 24.0 Å². The van der Waals surface area contributed by atoms with E-state index in [4.69, 9.17) is 17.1 Å². The number of thiocarbonyl (C=S) groups is 1. The number of aryl methyl sites for hydroxylation is 6. The lowest BCUT2D eigenvalue weighted by Crippen LogP contribution is -2.56. The number of carbonyl (C=O) groups is 7. The fraction of sp³-hybridized carbons (Fsp3) is 0.265. The number of carbonyl (C=O) groups excluding carboxylic acids is 7. The number of rotatable bonds is 21. The van der Waals surface area contributed by atoms with E-state index in [9.17, 15) is 48.0 Å². The van der Waals surface area contributed by atoms with E-state index in [1.807, 2.05) is 165 Å². The Bertz CT molecular complexity index is 5570. The Morgan fingerprint density at radius 2 is 1.02 bits per heavy atom. The molecule has 10 aromatic carbocycles. The normalized spacial score (nSPS) is 12.8. The van der Waals surface area contributed by atoms with Crippen LogP contribution in [0.25, 0.3) is 20.2 Å². The van der Waals surface area contributed by atoms with Crippen LogP contribution in [-0.2, 0) is 24.4 Å². The molecule has 14 nitrogen and oxygen atoms in total. The van der Waals surface area contributed by atoms with Gasteiger partial charge >= 0.3 is 5.97 Å². The van der Waals surface area contributed by atoms with Crippen molar-refractivity contribution in [2.24, 2.45) is 5.16 Å². The van der Waals surface area contributed by atoms with E-state index in [2.05, 4.69) is 77.0 Å². The summed E-state index contributed by atoms with van der Waals surface area (Å²) in [5, 5.41) is 15.6. The number of hydrogen-bond acceptors (Lipinski definition) is 17. The standard InChI is InChI=1S/C27H27NO3S.C26H27O3P.C19H22N2O2S3.C16H14OS.C10H12O2/c1-2-3-4-11-16-25(28-31-27(30)22-12-7-5-8-13-22)26(29)21-17-19-24(20-18-21)32-23-14-9-6-10-15-23;1-16-12-18(3)23(19(4)13-16)25(27)30(29,22-10-8-7-9-11-22)26(28)24-20(5)14-17(2)15-21(24)6;1-6-20-15(22)14(16(23)21(7-2)18(20)24)17-25-12-9-8-11(19(3,4)5)10-13(12)26-17;1-10(2)11-7-8-15-13(9-11)16(17)12-5-3-4-6-14(12)18-15;1-10(2,12)9(11)8-6-4-3-5-7-8/h5-10,12-15,17-20H,2-4,11,16H2,1H3;7-15H,1-6H3;8-10H,6-7H2,1-5H3;3-10H,1-2H3;3-7,12H,1-2H3/b28-25-;;;;. The lowest BCUT2D eigenvalue weighted by molar-refractivity contribution is -0.133. The molecule has 1 fully saturated rings. The second kappa shape index (κ2) is 41.5. The first-order chi connectivity index (χ1) is 56.1. The van der Waals surface area contributed by atoms with Crippen molar-refractivity contribution in [2.45, 2.75) is 179 Å². The molecule has 0 bridgehead atoms. The molecule has 118 heavy (non-hydrogen) atoms. The number of thioether (sulfide) groups is 2. The monoisotopic (exact) mass is 1690 g/mol. The zero-order chi connectivity index (χ0) is 85.9. The minimum Gasteiger partial charge on any atom is -0.382 e. The molecule has 0 atom stereocenters. The number of hydrogen-bond donors (Lipinski definition) is 1. The molecule has 0 unspecified atom stereocenters. The minimum atomic E-state index is -4.11. The van der Waals surface area contributed by atoms with Gasteiger partial charge in [-0.05, 0) is 224 Å². The maximum absolute atomic E-state index is 14.5. The van der Waals surface area contributed by atoms with Crippen LogP contribution in [-0.4, -0.2) is 84.8 Å². The molecule has 13 rings (SSSR count). The number of nitrogens with zero attached hydrogens (tertiary/aromatic N) is 3. The molecular weight excluding hydrogens is 1590 g/mol. The van der Waals surface area contributed by atoms with Crippen LogP contribution in [0.4, 0.5) is 0 Å². The van der Waals surface area contributed by atoms with Crippen LogP contribution < -0.4 is 10.7 Å². The Labute approximate surface area is 715 Å². The third-order valence-electron chi connectivity index (χ3n) is 19.6. The van der Waals surface area contributed by atoms with E-state index >= 15 is 0 Å². The molecular formula is C98H102N3O11PS5. The molecule has 3 heterocycles. The molecule has 1 aromatic heterocycles. The van der Waals surface area contributed by atoms with Crippen molar-refractivity contribution >= 4 is 143 Å². The SMILES string of the molecule is CC(C)(O)C(=O)c1ccccc1.CC(C)c1ccc2sc3ccccc3c(=O)c2c1.CCCCCC/C(=N/OC(=O)c1ccccc1)C(=O)c1ccc(Sc2ccccc2)cc1.CCN1C(=O)C(=C2Sc3ccc(C(C)(C)C)cc3S2)C(=O)N(CC)C1=S.Cc1cc(C)c(C(=O)P(=O)(C(=O)c2c(C)cc(C)cc2C)c2ccccc2)c(C)c1. The van der Waals surface area contributed by atoms with E-state index in [0.717, 1.165) is 103 Å². The molecule has 11 aromatic rings. The number of likely N-dealkylation sites (N-methyl/N-ethyl adjacent to an activating group) is 2. The van der Waals surface area contributed by atoms with Crippen molar-refractivity contribution in [2.75, 3.05) is 13.1 Å². The van der Waals surface area contributed by atoms with Crippen LogP contribution in [0.2, 0.25) is 0 Å². The van der Waals surface area contributed by atoms with Gasteiger partial charge in [-0.3, -0.25) is 43.4 Å². The van der Waals surface area contributed by atoms with Gasteiger partial charge in [0.15, 0.2) is 16.3 Å². The van der Waals surface area contributed by atoms with Crippen molar-refractivity contribution in [3.05, 3.63) is 323 Å². The van der Waals surface area contributed by atoms with Gasteiger partial charge in [-0.25, -0.2) is 4.79 Å². The molecule has 1 saturated heterocycles. The predicted octanol–water partition coefficient (Wildman–Crippen LogP) is 24.0. The van der Waals surface area contributed by atoms with Gasteiger partial charge in [0.05, 0.1) is 9.80 Å². The number of ketones is 2. The van der Waals surface area contributed by atoms with Gasteiger partial charge in [-0.2, -0.15) is 0 Å². The van der Waals surface area contributed by atoms with Gasteiger partial charge in [0, 0.05) is 80.4 Å². The van der Waals surface area contributed by atoms with Crippen LogP contribution in [0.15, 0.2) is 270 Å². The highest BCUT2D eigenvalue weighted by molar-refractivity contribution is 8.24. The lowest BCUT2D eigenvalue weighted by Gasteiger charge is -2.35. The summed E-state index contributed by atoms with van der Waals surface area (Å²) in [6.07, 6.45) is 4.49. The van der Waals surface area contributed by atoms with Gasteiger partial charge in [-0.15, -0.1) is 11.3 Å². The van der Waals surface area contributed by atoms with Crippen LogP contribution in [0, 0.1) is 41.5 Å². The summed E-state index contributed by atoms with van der Waals surface area (Å²) >= 11 is 11.7. The largest absolute Gasteiger partial charge is 0.382 e. The highest BCUT2D eigenvalue weighted by atomic mass is 32.2. The number of amides is 2. The summed E-state index contributed by atoms with van der Waals surface area (Å²) in [6, 6.07) is 71.4.